The predicted molar refractivity (Wildman–Crippen MR) is 70.8 cm³/mol. The average molecular weight is 241 g/mol. The molecule has 4 nitrogen and oxygen atoms in total. The molecule has 1 atom stereocenters. The SMILES string of the molecule is CCC(CC)N(C)CC(C)(NC1CC1)C(N)=O. The van der Waals surface area contributed by atoms with E-state index in [1.165, 1.54) is 0 Å². The minimum absolute atomic E-state index is 0.248. The van der Waals surface area contributed by atoms with Gasteiger partial charge in [0, 0.05) is 18.6 Å². The topological polar surface area (TPSA) is 58.4 Å². The maximum absolute atomic E-state index is 11.7. The molecular formula is C13H27N3O. The van der Waals surface area contributed by atoms with Crippen LogP contribution in [0.3, 0.4) is 0 Å². The van der Waals surface area contributed by atoms with E-state index >= 15 is 0 Å². The van der Waals surface area contributed by atoms with Crippen molar-refractivity contribution in [2.75, 3.05) is 13.6 Å². The summed E-state index contributed by atoms with van der Waals surface area (Å²) in [5, 5.41) is 3.38. The van der Waals surface area contributed by atoms with Gasteiger partial charge in [-0.3, -0.25) is 10.1 Å². The molecule has 0 aromatic heterocycles. The van der Waals surface area contributed by atoms with Crippen molar-refractivity contribution in [1.82, 2.24) is 10.2 Å². The number of nitrogens with two attached hydrogens (primary N) is 1. The zero-order chi connectivity index (χ0) is 13.1. The van der Waals surface area contributed by atoms with Gasteiger partial charge in [0.2, 0.25) is 5.91 Å². The fourth-order valence-electron chi connectivity index (χ4n) is 2.41. The normalized spacial score (nSPS) is 19.6. The van der Waals surface area contributed by atoms with Gasteiger partial charge in [-0.15, -0.1) is 0 Å². The second kappa shape index (κ2) is 5.83. The number of amides is 1. The summed E-state index contributed by atoms with van der Waals surface area (Å²) in [5.74, 6) is -0.248. The molecule has 17 heavy (non-hydrogen) atoms. The molecule has 0 aliphatic heterocycles. The number of rotatable bonds is 8. The predicted octanol–water partition coefficient (Wildman–Crippen LogP) is 1.10. The van der Waals surface area contributed by atoms with Gasteiger partial charge in [-0.05, 0) is 39.7 Å². The van der Waals surface area contributed by atoms with Crippen LogP contribution in [0.4, 0.5) is 0 Å². The molecule has 0 saturated heterocycles. The third-order valence-corrected chi connectivity index (χ3v) is 3.78. The smallest absolute Gasteiger partial charge is 0.238 e. The van der Waals surface area contributed by atoms with E-state index in [1.807, 2.05) is 6.92 Å². The molecule has 1 saturated carbocycles. The van der Waals surface area contributed by atoms with Crippen LogP contribution in [0.1, 0.15) is 46.5 Å². The Morgan fingerprint density at radius 3 is 2.35 bits per heavy atom. The van der Waals surface area contributed by atoms with Crippen molar-refractivity contribution in [2.45, 2.75) is 64.1 Å². The highest BCUT2D eigenvalue weighted by Gasteiger charge is 2.38. The van der Waals surface area contributed by atoms with Gasteiger partial charge >= 0.3 is 0 Å². The van der Waals surface area contributed by atoms with Crippen molar-refractivity contribution in [2.24, 2.45) is 5.73 Å². The van der Waals surface area contributed by atoms with E-state index in [-0.39, 0.29) is 5.91 Å². The maximum Gasteiger partial charge on any atom is 0.238 e. The zero-order valence-corrected chi connectivity index (χ0v) is 11.6. The summed E-state index contributed by atoms with van der Waals surface area (Å²) in [6.07, 6.45) is 4.53. The Morgan fingerprint density at radius 2 is 2.00 bits per heavy atom. The molecule has 100 valence electrons. The highest BCUT2D eigenvalue weighted by Crippen LogP contribution is 2.23. The van der Waals surface area contributed by atoms with Crippen molar-refractivity contribution >= 4 is 5.91 Å². The van der Waals surface area contributed by atoms with Gasteiger partial charge in [-0.2, -0.15) is 0 Å². The number of hydrogen-bond acceptors (Lipinski definition) is 3. The summed E-state index contributed by atoms with van der Waals surface area (Å²) in [5.41, 5.74) is 4.95. The second-order valence-electron chi connectivity index (χ2n) is 5.50. The lowest BCUT2D eigenvalue weighted by Crippen LogP contribution is -2.60. The van der Waals surface area contributed by atoms with Crippen molar-refractivity contribution in [1.29, 1.82) is 0 Å². The molecule has 0 heterocycles. The fraction of sp³-hybridized carbons (Fsp3) is 0.923. The lowest BCUT2D eigenvalue weighted by atomic mass is 9.99. The third kappa shape index (κ3) is 3.96. The average Bonchev–Trinajstić information content (AvgIpc) is 3.02. The van der Waals surface area contributed by atoms with Gasteiger partial charge < -0.3 is 10.6 Å². The van der Waals surface area contributed by atoms with Crippen molar-refractivity contribution in [3.63, 3.8) is 0 Å². The zero-order valence-electron chi connectivity index (χ0n) is 11.6. The Kier molecular flexibility index (Phi) is 4.95. The van der Waals surface area contributed by atoms with E-state index in [0.717, 1.165) is 25.7 Å². The number of carbonyl (C=O) groups is 1. The summed E-state index contributed by atoms with van der Waals surface area (Å²) in [6.45, 7) is 6.97. The Morgan fingerprint density at radius 1 is 1.47 bits per heavy atom. The summed E-state index contributed by atoms with van der Waals surface area (Å²) in [7, 11) is 2.08. The number of likely N-dealkylation sites (N-methyl/N-ethyl adjacent to an activating group) is 1. The molecule has 1 amide bonds. The molecule has 3 N–H and O–H groups in total. The standard InChI is InChI=1S/C13H27N3O/c1-5-11(6-2)16(4)9-13(3,12(14)17)15-10-7-8-10/h10-11,15H,5-9H2,1-4H3,(H2,14,17). The summed E-state index contributed by atoms with van der Waals surface area (Å²) < 4.78 is 0. The quantitative estimate of drug-likeness (QED) is 0.669. The first kappa shape index (κ1) is 14.5. The molecule has 4 heteroatoms. The number of primary amides is 1. The molecule has 1 aliphatic rings. The van der Waals surface area contributed by atoms with Gasteiger partial charge in [0.25, 0.3) is 0 Å². The maximum atomic E-state index is 11.7. The van der Waals surface area contributed by atoms with E-state index in [9.17, 15) is 4.79 Å². The van der Waals surface area contributed by atoms with Crippen LogP contribution >= 0.6 is 0 Å². The summed E-state index contributed by atoms with van der Waals surface area (Å²) >= 11 is 0. The highest BCUT2D eigenvalue weighted by atomic mass is 16.1. The number of nitrogens with zero attached hydrogens (tertiary/aromatic N) is 1. The van der Waals surface area contributed by atoms with E-state index in [2.05, 4.69) is 31.1 Å². The van der Waals surface area contributed by atoms with Crippen LogP contribution in [0.15, 0.2) is 0 Å². The van der Waals surface area contributed by atoms with Crippen LogP contribution in [0.25, 0.3) is 0 Å². The Labute approximate surface area is 105 Å². The second-order valence-corrected chi connectivity index (χ2v) is 5.50. The van der Waals surface area contributed by atoms with Gasteiger partial charge in [-0.25, -0.2) is 0 Å². The summed E-state index contributed by atoms with van der Waals surface area (Å²) in [6, 6.07) is 1.01. The van der Waals surface area contributed by atoms with E-state index in [0.29, 0.717) is 18.6 Å². The molecular weight excluding hydrogens is 214 g/mol. The lowest BCUT2D eigenvalue weighted by molar-refractivity contribution is -0.124. The number of hydrogen-bond donors (Lipinski definition) is 2. The Hall–Kier alpha value is -0.610. The number of carbonyl (C=O) groups excluding carboxylic acids is 1. The lowest BCUT2D eigenvalue weighted by Gasteiger charge is -2.35. The van der Waals surface area contributed by atoms with Gasteiger partial charge in [0.15, 0.2) is 0 Å². The van der Waals surface area contributed by atoms with Crippen molar-refractivity contribution in [3.05, 3.63) is 0 Å². The minimum Gasteiger partial charge on any atom is -0.368 e. The van der Waals surface area contributed by atoms with Crippen molar-refractivity contribution in [3.8, 4) is 0 Å². The van der Waals surface area contributed by atoms with Gasteiger partial charge in [0.05, 0.1) is 0 Å². The van der Waals surface area contributed by atoms with Crippen LogP contribution in [-0.2, 0) is 4.79 Å². The molecule has 0 aromatic rings. The van der Waals surface area contributed by atoms with Gasteiger partial charge in [0.1, 0.15) is 5.54 Å². The van der Waals surface area contributed by atoms with Crippen LogP contribution in [0, 0.1) is 0 Å². The van der Waals surface area contributed by atoms with Gasteiger partial charge in [-0.1, -0.05) is 13.8 Å². The molecule has 1 aliphatic carbocycles. The highest BCUT2D eigenvalue weighted by molar-refractivity contribution is 5.84. The third-order valence-electron chi connectivity index (χ3n) is 3.78. The van der Waals surface area contributed by atoms with Crippen LogP contribution < -0.4 is 11.1 Å². The Bertz CT molecular complexity index is 261. The molecule has 1 rings (SSSR count). The van der Waals surface area contributed by atoms with E-state index < -0.39 is 5.54 Å². The van der Waals surface area contributed by atoms with Crippen LogP contribution in [0.2, 0.25) is 0 Å². The first-order valence-corrected chi connectivity index (χ1v) is 6.70. The fourth-order valence-corrected chi connectivity index (χ4v) is 2.41. The molecule has 0 aromatic carbocycles. The number of nitrogens with one attached hydrogen (secondary N) is 1. The van der Waals surface area contributed by atoms with E-state index in [1.54, 1.807) is 0 Å². The molecule has 0 bridgehead atoms. The van der Waals surface area contributed by atoms with Crippen molar-refractivity contribution < 1.29 is 4.79 Å². The molecule has 0 spiro atoms. The molecule has 0 radical (unpaired) electrons. The van der Waals surface area contributed by atoms with E-state index in [4.69, 9.17) is 5.73 Å². The first-order chi connectivity index (χ1) is 7.92. The molecule has 1 unspecified atom stereocenters. The van der Waals surface area contributed by atoms with Crippen LogP contribution in [0.5, 0.6) is 0 Å². The summed E-state index contributed by atoms with van der Waals surface area (Å²) in [4.78, 5) is 13.9. The largest absolute Gasteiger partial charge is 0.368 e. The monoisotopic (exact) mass is 241 g/mol. The molecule has 1 fully saturated rings. The Balaban J connectivity index is 2.61. The minimum atomic E-state index is -0.599. The first-order valence-electron chi connectivity index (χ1n) is 6.70. The van der Waals surface area contributed by atoms with Crippen LogP contribution in [-0.4, -0.2) is 42.0 Å².